The summed E-state index contributed by atoms with van der Waals surface area (Å²) in [6, 6.07) is 12.2. The highest BCUT2D eigenvalue weighted by Crippen LogP contribution is 2.27. The number of ether oxygens (including phenoxy) is 1. The van der Waals surface area contributed by atoms with E-state index in [2.05, 4.69) is 10.3 Å². The highest BCUT2D eigenvalue weighted by atomic mass is 16.6. The normalized spacial score (nSPS) is 14.2. The van der Waals surface area contributed by atoms with Crippen molar-refractivity contribution in [1.82, 2.24) is 20.3 Å². The zero-order chi connectivity index (χ0) is 26.2. The topological polar surface area (TPSA) is 112 Å². The molecule has 1 unspecified atom stereocenters. The van der Waals surface area contributed by atoms with E-state index in [1.807, 2.05) is 24.3 Å². The molecule has 1 aromatic heterocycles. The van der Waals surface area contributed by atoms with Crippen LogP contribution in [0.4, 0.5) is 4.79 Å². The Labute approximate surface area is 209 Å². The fraction of sp³-hybridized carbons (Fsp3) is 0.333. The lowest BCUT2D eigenvalue weighted by Crippen LogP contribution is -2.57. The number of aromatic nitrogens is 1. The highest BCUT2D eigenvalue weighted by Gasteiger charge is 2.42. The minimum absolute atomic E-state index is 0.0829. The third kappa shape index (κ3) is 4.82. The van der Waals surface area contributed by atoms with Crippen molar-refractivity contribution in [1.29, 1.82) is 0 Å². The molecule has 1 aliphatic heterocycles. The highest BCUT2D eigenvalue weighted by molar-refractivity contribution is 6.21. The van der Waals surface area contributed by atoms with E-state index in [4.69, 9.17) is 4.74 Å². The number of hydrogen-bond acceptors (Lipinski definition) is 5. The van der Waals surface area contributed by atoms with Crippen LogP contribution in [0.2, 0.25) is 0 Å². The maximum Gasteiger partial charge on any atom is 0.337 e. The van der Waals surface area contributed by atoms with E-state index in [-0.39, 0.29) is 23.6 Å². The van der Waals surface area contributed by atoms with Gasteiger partial charge in [0.25, 0.3) is 11.8 Å². The molecule has 2 heterocycles. The number of esters is 1. The Hall–Kier alpha value is -4.14. The van der Waals surface area contributed by atoms with Crippen molar-refractivity contribution in [3.05, 3.63) is 71.4 Å². The molecular formula is C27H30N4O5. The predicted molar refractivity (Wildman–Crippen MR) is 134 cm³/mol. The first-order chi connectivity index (χ1) is 17.0. The Balaban J connectivity index is 1.70. The van der Waals surface area contributed by atoms with Gasteiger partial charge in [0.1, 0.15) is 11.6 Å². The largest absolute Gasteiger partial charge is 0.458 e. The fourth-order valence-electron chi connectivity index (χ4n) is 4.12. The van der Waals surface area contributed by atoms with E-state index in [1.54, 1.807) is 65.1 Å². The van der Waals surface area contributed by atoms with Crippen LogP contribution in [0.1, 0.15) is 60.9 Å². The Morgan fingerprint density at radius 2 is 1.58 bits per heavy atom. The van der Waals surface area contributed by atoms with Crippen LogP contribution in [0.25, 0.3) is 10.9 Å². The maximum atomic E-state index is 13.7. The Kier molecular flexibility index (Phi) is 6.58. The first-order valence-corrected chi connectivity index (χ1v) is 11.8. The zero-order valence-electron chi connectivity index (χ0n) is 21.0. The average Bonchev–Trinajstić information content (AvgIpc) is 3.33. The summed E-state index contributed by atoms with van der Waals surface area (Å²) in [4.78, 5) is 56.2. The smallest absolute Gasteiger partial charge is 0.337 e. The van der Waals surface area contributed by atoms with Gasteiger partial charge in [-0.3, -0.25) is 9.59 Å². The van der Waals surface area contributed by atoms with Gasteiger partial charge in [0.2, 0.25) is 0 Å². The number of carbonyl (C=O) groups excluding carboxylic acids is 4. The molecule has 0 bridgehead atoms. The molecule has 1 aliphatic rings. The summed E-state index contributed by atoms with van der Waals surface area (Å²) in [6.07, 6.45) is 1.73. The van der Waals surface area contributed by atoms with Gasteiger partial charge < -0.3 is 15.0 Å². The summed E-state index contributed by atoms with van der Waals surface area (Å²) in [5, 5.41) is 5.44. The molecule has 188 valence electrons. The molecule has 1 atom stereocenters. The molecule has 0 fully saturated rings. The average molecular weight is 491 g/mol. The molecule has 0 saturated heterocycles. The molecule has 2 aromatic carbocycles. The second-order valence-corrected chi connectivity index (χ2v) is 10.1. The molecular weight excluding hydrogens is 460 g/mol. The van der Waals surface area contributed by atoms with Crippen LogP contribution < -0.4 is 5.32 Å². The molecule has 4 rings (SSSR count). The lowest BCUT2D eigenvalue weighted by atomic mass is 10.0. The molecule has 0 radical (unpaired) electrons. The minimum atomic E-state index is -0.989. The lowest BCUT2D eigenvalue weighted by molar-refractivity contribution is -0.158. The summed E-state index contributed by atoms with van der Waals surface area (Å²) >= 11 is 0. The third-order valence-corrected chi connectivity index (χ3v) is 5.85. The number of nitrogens with zero attached hydrogens (tertiary/aromatic N) is 2. The lowest BCUT2D eigenvalue weighted by Gasteiger charge is -2.33. The molecule has 2 N–H and O–H groups in total. The van der Waals surface area contributed by atoms with Gasteiger partial charge in [0.05, 0.1) is 17.7 Å². The maximum absolute atomic E-state index is 13.7. The standard InChI is InChI=1S/C27H30N4O5/c1-16(2)22(25(34)36-27(3,4)5)29-26(35)30(15-17-14-28-21-13-9-8-10-18(17)21)31-23(32)19-11-6-7-12-20(19)24(31)33/h6-14,16,22,28H,15H2,1-5H3,(H,29,35). The number of urea groups is 1. The number of imide groups is 1. The fourth-order valence-corrected chi connectivity index (χ4v) is 4.12. The number of rotatable bonds is 6. The van der Waals surface area contributed by atoms with Crippen molar-refractivity contribution in [3.63, 3.8) is 0 Å². The number of carbonyl (C=O) groups is 4. The monoisotopic (exact) mass is 490 g/mol. The van der Waals surface area contributed by atoms with Crippen LogP contribution in [0.5, 0.6) is 0 Å². The van der Waals surface area contributed by atoms with Crippen molar-refractivity contribution in [2.45, 2.75) is 52.8 Å². The van der Waals surface area contributed by atoms with E-state index >= 15 is 0 Å². The van der Waals surface area contributed by atoms with Crippen LogP contribution in [-0.2, 0) is 16.1 Å². The summed E-state index contributed by atoms with van der Waals surface area (Å²) in [5.41, 5.74) is 1.24. The van der Waals surface area contributed by atoms with Gasteiger partial charge in [-0.15, -0.1) is 0 Å². The van der Waals surface area contributed by atoms with Crippen LogP contribution in [0.3, 0.4) is 0 Å². The SMILES string of the molecule is CC(C)C(NC(=O)N(Cc1c[nH]c2ccccc12)N1C(=O)c2ccccc2C1=O)C(=O)OC(C)(C)C. The van der Waals surface area contributed by atoms with Gasteiger partial charge in [0.15, 0.2) is 0 Å². The first-order valence-electron chi connectivity index (χ1n) is 11.8. The molecule has 0 saturated carbocycles. The van der Waals surface area contributed by atoms with Gasteiger partial charge in [-0.05, 0) is 50.5 Å². The van der Waals surface area contributed by atoms with Crippen molar-refractivity contribution in [3.8, 4) is 0 Å². The van der Waals surface area contributed by atoms with Crippen LogP contribution >= 0.6 is 0 Å². The number of nitrogens with one attached hydrogen (secondary N) is 2. The predicted octanol–water partition coefficient (Wildman–Crippen LogP) is 4.26. The van der Waals surface area contributed by atoms with E-state index in [9.17, 15) is 19.2 Å². The Morgan fingerprint density at radius 3 is 2.17 bits per heavy atom. The minimum Gasteiger partial charge on any atom is -0.458 e. The number of H-pyrrole nitrogens is 1. The van der Waals surface area contributed by atoms with Crippen molar-refractivity contribution < 1.29 is 23.9 Å². The number of benzene rings is 2. The van der Waals surface area contributed by atoms with Crippen LogP contribution in [0.15, 0.2) is 54.7 Å². The molecule has 0 aliphatic carbocycles. The number of amides is 4. The van der Waals surface area contributed by atoms with E-state index < -0.39 is 35.5 Å². The van der Waals surface area contributed by atoms with Crippen molar-refractivity contribution >= 4 is 34.7 Å². The third-order valence-electron chi connectivity index (χ3n) is 5.85. The van der Waals surface area contributed by atoms with Gasteiger partial charge in [0, 0.05) is 17.1 Å². The summed E-state index contributed by atoms with van der Waals surface area (Å²) in [6.45, 7) is 8.70. The van der Waals surface area contributed by atoms with E-state index in [0.717, 1.165) is 20.9 Å². The van der Waals surface area contributed by atoms with Crippen LogP contribution in [0, 0.1) is 5.92 Å². The van der Waals surface area contributed by atoms with Crippen molar-refractivity contribution in [2.24, 2.45) is 5.92 Å². The number of fused-ring (bicyclic) bond motifs is 2. The molecule has 3 aromatic rings. The molecule has 9 nitrogen and oxygen atoms in total. The second-order valence-electron chi connectivity index (χ2n) is 10.1. The summed E-state index contributed by atoms with van der Waals surface area (Å²) < 4.78 is 5.50. The van der Waals surface area contributed by atoms with Gasteiger partial charge in [-0.1, -0.05) is 44.2 Å². The molecule has 4 amide bonds. The molecule has 0 spiro atoms. The van der Waals surface area contributed by atoms with E-state index in [0.29, 0.717) is 5.56 Å². The van der Waals surface area contributed by atoms with Gasteiger partial charge in [-0.2, -0.15) is 5.01 Å². The Bertz CT molecular complexity index is 1300. The Morgan fingerprint density at radius 1 is 1.00 bits per heavy atom. The van der Waals surface area contributed by atoms with Crippen LogP contribution in [-0.4, -0.2) is 50.5 Å². The van der Waals surface area contributed by atoms with Crippen molar-refractivity contribution in [2.75, 3.05) is 0 Å². The zero-order valence-corrected chi connectivity index (χ0v) is 21.0. The van der Waals surface area contributed by atoms with E-state index in [1.165, 1.54) is 0 Å². The summed E-state index contributed by atoms with van der Waals surface area (Å²) in [7, 11) is 0. The molecule has 36 heavy (non-hydrogen) atoms. The summed E-state index contributed by atoms with van der Waals surface area (Å²) in [5.74, 6) is -2.12. The number of para-hydroxylation sites is 1. The van der Waals surface area contributed by atoms with Gasteiger partial charge in [-0.25, -0.2) is 14.6 Å². The number of aromatic amines is 1. The number of hydrogen-bond donors (Lipinski definition) is 2. The number of hydrazine groups is 1. The second kappa shape index (κ2) is 9.49. The molecule has 9 heteroatoms. The first kappa shape index (κ1) is 25.0. The van der Waals surface area contributed by atoms with Gasteiger partial charge >= 0.3 is 12.0 Å². The quantitative estimate of drug-likeness (QED) is 0.396.